The minimum absolute atomic E-state index is 0.153. The molecule has 3 N–H and O–H groups in total. The van der Waals surface area contributed by atoms with E-state index in [1.807, 2.05) is 0 Å². The molecule has 2 fully saturated rings. The second-order valence-electron chi connectivity index (χ2n) is 10.1. The maximum Gasteiger partial charge on any atom is 0.306 e. The van der Waals surface area contributed by atoms with Crippen molar-refractivity contribution in [1.82, 2.24) is 15.1 Å². The van der Waals surface area contributed by atoms with Crippen LogP contribution in [0.4, 0.5) is 0 Å². The van der Waals surface area contributed by atoms with Gasteiger partial charge in [0.25, 0.3) is 0 Å². The first-order chi connectivity index (χ1) is 14.6. The van der Waals surface area contributed by atoms with Gasteiger partial charge in [0, 0.05) is 44.7 Å². The molecule has 0 saturated carbocycles. The fourth-order valence-corrected chi connectivity index (χ4v) is 4.76. The molecule has 2 aliphatic rings. The van der Waals surface area contributed by atoms with E-state index in [1.165, 1.54) is 52.0 Å². The van der Waals surface area contributed by atoms with Crippen molar-refractivity contribution >= 4 is 5.97 Å². The van der Waals surface area contributed by atoms with Gasteiger partial charge in [0.05, 0.1) is 18.6 Å². The van der Waals surface area contributed by atoms with Gasteiger partial charge in [-0.1, -0.05) is 27.7 Å². The molecular formula is C24H49N3O4. The van der Waals surface area contributed by atoms with Crippen LogP contribution < -0.4 is 5.32 Å². The monoisotopic (exact) mass is 443 g/mol. The normalized spacial score (nSPS) is 19.4. The van der Waals surface area contributed by atoms with Crippen LogP contribution in [-0.2, 0) is 9.53 Å². The minimum atomic E-state index is -0.994. The second kappa shape index (κ2) is 13.7. The molecule has 184 valence electrons. The van der Waals surface area contributed by atoms with E-state index in [2.05, 4.69) is 36.0 Å². The number of aliphatic carboxylic acids is 1. The van der Waals surface area contributed by atoms with E-state index in [4.69, 9.17) is 9.84 Å². The van der Waals surface area contributed by atoms with Crippen LogP contribution in [-0.4, -0.2) is 97.7 Å². The number of likely N-dealkylation sites (N-methyl/N-ethyl adjacent to an activating group) is 1. The zero-order valence-corrected chi connectivity index (χ0v) is 21.0. The SMILES string of the molecule is CCC(O)(CC)CC(=O)O.COCCN(C)CCCC(C(C)C)N1CC2(CCNC2)C1. The van der Waals surface area contributed by atoms with Crippen molar-refractivity contribution in [3.8, 4) is 0 Å². The van der Waals surface area contributed by atoms with Gasteiger partial charge in [-0.25, -0.2) is 0 Å². The highest BCUT2D eigenvalue weighted by atomic mass is 16.5. The van der Waals surface area contributed by atoms with E-state index in [1.54, 1.807) is 21.0 Å². The number of rotatable bonds is 13. The molecule has 7 heteroatoms. The number of hydrogen-bond acceptors (Lipinski definition) is 6. The molecule has 2 saturated heterocycles. The van der Waals surface area contributed by atoms with Gasteiger partial charge in [0.15, 0.2) is 0 Å². The molecule has 31 heavy (non-hydrogen) atoms. The van der Waals surface area contributed by atoms with Crippen molar-refractivity contribution in [1.29, 1.82) is 0 Å². The summed E-state index contributed by atoms with van der Waals surface area (Å²) >= 11 is 0. The van der Waals surface area contributed by atoms with Crippen LogP contribution in [0.2, 0.25) is 0 Å². The Balaban J connectivity index is 0.000000407. The number of carboxylic acid groups (broad SMARTS) is 1. The summed E-state index contributed by atoms with van der Waals surface area (Å²) in [6.45, 7) is 16.5. The highest BCUT2D eigenvalue weighted by Gasteiger charge is 2.47. The number of nitrogens with zero attached hydrogens (tertiary/aromatic N) is 2. The Hall–Kier alpha value is -0.730. The van der Waals surface area contributed by atoms with Crippen molar-refractivity contribution in [3.05, 3.63) is 0 Å². The lowest BCUT2D eigenvalue weighted by molar-refractivity contribution is -0.142. The topological polar surface area (TPSA) is 85.3 Å². The lowest BCUT2D eigenvalue weighted by Gasteiger charge is -2.52. The van der Waals surface area contributed by atoms with Crippen LogP contribution in [0.25, 0.3) is 0 Å². The fraction of sp³-hybridized carbons (Fsp3) is 0.958. The highest BCUT2D eigenvalue weighted by Crippen LogP contribution is 2.39. The van der Waals surface area contributed by atoms with E-state index in [0.717, 1.165) is 25.1 Å². The first-order valence-corrected chi connectivity index (χ1v) is 12.2. The van der Waals surface area contributed by atoms with Crippen molar-refractivity contribution < 1.29 is 19.7 Å². The average Bonchev–Trinajstić information content (AvgIpc) is 3.18. The molecule has 0 aliphatic carbocycles. The number of carboxylic acids is 1. The van der Waals surface area contributed by atoms with Crippen molar-refractivity contribution in [2.45, 2.75) is 77.9 Å². The molecule has 1 atom stereocenters. The van der Waals surface area contributed by atoms with Gasteiger partial charge in [0.1, 0.15) is 0 Å². The Kier molecular flexibility index (Phi) is 12.5. The predicted octanol–water partition coefficient (Wildman–Crippen LogP) is 2.68. The lowest BCUT2D eigenvalue weighted by atomic mass is 9.76. The van der Waals surface area contributed by atoms with Crippen molar-refractivity contribution in [2.75, 3.05) is 60.0 Å². The molecule has 0 aromatic rings. The van der Waals surface area contributed by atoms with Gasteiger partial charge in [-0.3, -0.25) is 9.69 Å². The molecule has 2 rings (SSSR count). The van der Waals surface area contributed by atoms with Crippen LogP contribution in [0.3, 0.4) is 0 Å². The summed E-state index contributed by atoms with van der Waals surface area (Å²) in [7, 11) is 3.98. The second-order valence-corrected chi connectivity index (χ2v) is 10.1. The third-order valence-electron chi connectivity index (χ3n) is 7.16. The van der Waals surface area contributed by atoms with Gasteiger partial charge in [-0.2, -0.15) is 0 Å². The zero-order chi connectivity index (χ0) is 23.5. The maximum absolute atomic E-state index is 10.2. The van der Waals surface area contributed by atoms with Gasteiger partial charge in [-0.05, 0) is 58.2 Å². The van der Waals surface area contributed by atoms with E-state index < -0.39 is 11.6 Å². The van der Waals surface area contributed by atoms with Crippen LogP contribution in [0.15, 0.2) is 0 Å². The quantitative estimate of drug-likeness (QED) is 0.403. The molecule has 0 aromatic heterocycles. The summed E-state index contributed by atoms with van der Waals surface area (Å²) in [4.78, 5) is 15.3. The number of likely N-dealkylation sites (tertiary alicyclic amines) is 1. The number of carbonyl (C=O) groups is 1. The van der Waals surface area contributed by atoms with Crippen LogP contribution >= 0.6 is 0 Å². The van der Waals surface area contributed by atoms with Gasteiger partial charge in [0.2, 0.25) is 0 Å². The Morgan fingerprint density at radius 3 is 2.32 bits per heavy atom. The van der Waals surface area contributed by atoms with Gasteiger partial charge >= 0.3 is 5.97 Å². The lowest BCUT2D eigenvalue weighted by Crippen LogP contribution is -2.61. The Morgan fingerprint density at radius 1 is 1.26 bits per heavy atom. The summed E-state index contributed by atoms with van der Waals surface area (Å²) < 4.78 is 5.14. The minimum Gasteiger partial charge on any atom is -0.481 e. The first kappa shape index (κ1) is 28.3. The standard InChI is InChI=1S/C17H35N3O.C7H14O3/c1-15(2)16(6-5-9-19(3)10-11-21-4)20-13-17(14-20)7-8-18-12-17;1-3-7(10,4-2)5-6(8)9/h15-16,18H,5-14H2,1-4H3;10H,3-5H2,1-2H3,(H,8,9). The number of methoxy groups -OCH3 is 1. The number of nitrogens with one attached hydrogen (secondary N) is 1. The summed E-state index contributed by atoms with van der Waals surface area (Å²) in [5, 5.41) is 21.3. The summed E-state index contributed by atoms with van der Waals surface area (Å²) in [5.74, 6) is -0.174. The smallest absolute Gasteiger partial charge is 0.306 e. The summed E-state index contributed by atoms with van der Waals surface area (Å²) in [6.07, 6.45) is 4.85. The van der Waals surface area contributed by atoms with E-state index in [9.17, 15) is 9.90 Å². The third-order valence-corrected chi connectivity index (χ3v) is 7.16. The predicted molar refractivity (Wildman–Crippen MR) is 127 cm³/mol. The molecule has 0 amide bonds. The Labute approximate surface area is 190 Å². The number of aliphatic hydroxyl groups is 1. The largest absolute Gasteiger partial charge is 0.481 e. The van der Waals surface area contributed by atoms with Crippen molar-refractivity contribution in [2.24, 2.45) is 11.3 Å². The molecule has 2 aliphatic heterocycles. The Morgan fingerprint density at radius 2 is 1.90 bits per heavy atom. The van der Waals surface area contributed by atoms with Gasteiger partial charge in [-0.15, -0.1) is 0 Å². The number of hydrogen-bond donors (Lipinski definition) is 3. The molecule has 7 nitrogen and oxygen atoms in total. The Bertz CT molecular complexity index is 497. The molecular weight excluding hydrogens is 394 g/mol. The molecule has 1 unspecified atom stereocenters. The molecule has 0 radical (unpaired) electrons. The molecule has 2 heterocycles. The van der Waals surface area contributed by atoms with Crippen LogP contribution in [0, 0.1) is 11.3 Å². The van der Waals surface area contributed by atoms with E-state index in [0.29, 0.717) is 18.3 Å². The molecule has 1 spiro atoms. The van der Waals surface area contributed by atoms with E-state index in [-0.39, 0.29) is 6.42 Å². The van der Waals surface area contributed by atoms with E-state index >= 15 is 0 Å². The summed E-state index contributed by atoms with van der Waals surface area (Å²) in [5.41, 5.74) is -0.367. The maximum atomic E-state index is 10.2. The highest BCUT2D eigenvalue weighted by molar-refractivity contribution is 5.68. The number of ether oxygens (including phenoxy) is 1. The van der Waals surface area contributed by atoms with Gasteiger partial charge < -0.3 is 25.2 Å². The van der Waals surface area contributed by atoms with Crippen molar-refractivity contribution in [3.63, 3.8) is 0 Å². The van der Waals surface area contributed by atoms with Crippen LogP contribution in [0.1, 0.15) is 66.2 Å². The summed E-state index contributed by atoms with van der Waals surface area (Å²) in [6, 6.07) is 0.770. The third kappa shape index (κ3) is 9.74. The molecule has 0 bridgehead atoms. The first-order valence-electron chi connectivity index (χ1n) is 12.2. The van der Waals surface area contributed by atoms with Crippen LogP contribution in [0.5, 0.6) is 0 Å². The molecule has 0 aromatic carbocycles. The average molecular weight is 444 g/mol. The fourth-order valence-electron chi connectivity index (χ4n) is 4.76. The zero-order valence-electron chi connectivity index (χ0n) is 21.0.